The minimum atomic E-state index is -3.20. The van der Waals surface area contributed by atoms with Crippen molar-refractivity contribution in [2.24, 2.45) is 0 Å². The van der Waals surface area contributed by atoms with Gasteiger partial charge in [0, 0.05) is 31.5 Å². The summed E-state index contributed by atoms with van der Waals surface area (Å²) >= 11 is 0. The van der Waals surface area contributed by atoms with E-state index in [9.17, 15) is 13.2 Å². The molecule has 0 radical (unpaired) electrons. The molecule has 3 fully saturated rings. The first kappa shape index (κ1) is 17.6. The Bertz CT molecular complexity index is 773. The molecule has 0 saturated carbocycles. The van der Waals surface area contributed by atoms with E-state index in [4.69, 9.17) is 0 Å². The molecule has 0 bridgehead atoms. The Morgan fingerprint density at radius 1 is 1.19 bits per heavy atom. The summed E-state index contributed by atoms with van der Waals surface area (Å²) < 4.78 is 24.7. The fraction of sp³-hybridized carbons (Fsp3) is 0.688. The Hall–Kier alpha value is -1.78. The SMILES string of the molecule is CCC1CC(C(=O)N2CCN(c3ncccn3)[C@@H]3CS(=O)(=O)C[C@@H]32)NN1. The minimum Gasteiger partial charge on any atom is -0.333 e. The van der Waals surface area contributed by atoms with E-state index in [1.807, 2.05) is 4.90 Å². The maximum atomic E-state index is 13.0. The van der Waals surface area contributed by atoms with Gasteiger partial charge in [0.05, 0.1) is 23.6 Å². The number of piperazine rings is 1. The number of nitrogens with zero attached hydrogens (tertiary/aromatic N) is 4. The largest absolute Gasteiger partial charge is 0.333 e. The van der Waals surface area contributed by atoms with Crippen LogP contribution in [-0.4, -0.2) is 78.0 Å². The number of hydrogen-bond acceptors (Lipinski definition) is 8. The highest BCUT2D eigenvalue weighted by Gasteiger charge is 2.50. The van der Waals surface area contributed by atoms with Gasteiger partial charge in [-0.3, -0.25) is 10.2 Å². The van der Waals surface area contributed by atoms with Crippen LogP contribution in [0.4, 0.5) is 5.95 Å². The number of amides is 1. The molecular weight excluding hydrogens is 356 g/mol. The van der Waals surface area contributed by atoms with E-state index in [0.29, 0.717) is 19.0 Å². The van der Waals surface area contributed by atoms with Crippen LogP contribution in [0.1, 0.15) is 19.8 Å². The van der Waals surface area contributed by atoms with Gasteiger partial charge in [-0.25, -0.2) is 23.8 Å². The number of anilines is 1. The van der Waals surface area contributed by atoms with E-state index >= 15 is 0 Å². The van der Waals surface area contributed by atoms with Crippen LogP contribution < -0.4 is 15.8 Å². The number of carbonyl (C=O) groups is 1. The fourth-order valence-corrected chi connectivity index (χ4v) is 6.15. The van der Waals surface area contributed by atoms with E-state index in [2.05, 4.69) is 27.7 Å². The van der Waals surface area contributed by atoms with Crippen LogP contribution in [-0.2, 0) is 14.6 Å². The second-order valence-corrected chi connectivity index (χ2v) is 9.32. The Morgan fingerprint density at radius 3 is 2.62 bits per heavy atom. The molecule has 1 aromatic heterocycles. The van der Waals surface area contributed by atoms with E-state index in [1.54, 1.807) is 23.4 Å². The van der Waals surface area contributed by atoms with Crippen molar-refractivity contribution < 1.29 is 13.2 Å². The van der Waals surface area contributed by atoms with Crippen molar-refractivity contribution in [1.29, 1.82) is 0 Å². The van der Waals surface area contributed by atoms with Crippen molar-refractivity contribution in [2.45, 2.75) is 43.9 Å². The summed E-state index contributed by atoms with van der Waals surface area (Å²) in [6.45, 7) is 3.08. The standard InChI is InChI=1S/C16H24N6O3S/c1-2-11-8-12(20-19-11)15(23)21-6-7-22(16-17-4-3-5-18-16)14-10-26(24,25)9-13(14)21/h3-5,11-14,19-20H,2,6-10H2,1H3/t11?,12?,13-,14+/m0/s1. The molecule has 0 spiro atoms. The second-order valence-electron chi connectivity index (χ2n) is 7.17. The number of aromatic nitrogens is 2. The van der Waals surface area contributed by atoms with Crippen LogP contribution in [0.2, 0.25) is 0 Å². The van der Waals surface area contributed by atoms with Gasteiger partial charge in [0.2, 0.25) is 11.9 Å². The van der Waals surface area contributed by atoms with E-state index in [0.717, 1.165) is 12.8 Å². The van der Waals surface area contributed by atoms with Crippen molar-refractivity contribution in [2.75, 3.05) is 29.5 Å². The smallest absolute Gasteiger partial charge is 0.241 e. The molecule has 0 aliphatic carbocycles. The van der Waals surface area contributed by atoms with Crippen LogP contribution in [0.5, 0.6) is 0 Å². The van der Waals surface area contributed by atoms with Crippen molar-refractivity contribution in [1.82, 2.24) is 25.7 Å². The summed E-state index contributed by atoms with van der Waals surface area (Å²) in [4.78, 5) is 25.3. The van der Waals surface area contributed by atoms with Crippen LogP contribution in [0.3, 0.4) is 0 Å². The van der Waals surface area contributed by atoms with E-state index in [-0.39, 0.29) is 41.6 Å². The van der Waals surface area contributed by atoms with Gasteiger partial charge in [0.15, 0.2) is 9.84 Å². The molecule has 142 valence electrons. The van der Waals surface area contributed by atoms with E-state index < -0.39 is 9.84 Å². The zero-order chi connectivity index (χ0) is 18.3. The average Bonchev–Trinajstić information content (AvgIpc) is 3.24. The molecule has 4 heterocycles. The number of sulfone groups is 1. The second kappa shape index (κ2) is 6.75. The van der Waals surface area contributed by atoms with Gasteiger partial charge in [-0.05, 0) is 18.9 Å². The van der Waals surface area contributed by atoms with E-state index in [1.165, 1.54) is 0 Å². The van der Waals surface area contributed by atoms with Crippen LogP contribution in [0.25, 0.3) is 0 Å². The fourth-order valence-electron chi connectivity index (χ4n) is 4.17. The lowest BCUT2D eigenvalue weighted by molar-refractivity contribution is -0.136. The molecule has 3 saturated heterocycles. The maximum absolute atomic E-state index is 13.0. The zero-order valence-electron chi connectivity index (χ0n) is 14.7. The summed E-state index contributed by atoms with van der Waals surface area (Å²) in [6, 6.07) is 1.05. The lowest BCUT2D eigenvalue weighted by atomic mass is 10.0. The van der Waals surface area contributed by atoms with Crippen LogP contribution >= 0.6 is 0 Å². The first-order valence-electron chi connectivity index (χ1n) is 9.04. The normalized spacial score (nSPS) is 33.3. The van der Waals surface area contributed by atoms with Crippen molar-refractivity contribution in [3.63, 3.8) is 0 Å². The highest BCUT2D eigenvalue weighted by Crippen LogP contribution is 2.30. The highest BCUT2D eigenvalue weighted by atomic mass is 32.2. The van der Waals surface area contributed by atoms with Gasteiger partial charge in [0.25, 0.3) is 0 Å². The first-order chi connectivity index (χ1) is 12.5. The lowest BCUT2D eigenvalue weighted by Crippen LogP contribution is -2.63. The Kier molecular flexibility index (Phi) is 4.57. The maximum Gasteiger partial charge on any atom is 0.241 e. The summed E-state index contributed by atoms with van der Waals surface area (Å²) in [5.41, 5.74) is 6.21. The number of carbonyl (C=O) groups excluding carboxylic acids is 1. The monoisotopic (exact) mass is 380 g/mol. The highest BCUT2D eigenvalue weighted by molar-refractivity contribution is 7.91. The minimum absolute atomic E-state index is 0.00406. The molecule has 1 aromatic rings. The predicted molar refractivity (Wildman–Crippen MR) is 96.1 cm³/mol. The van der Waals surface area contributed by atoms with Gasteiger partial charge in [-0.15, -0.1) is 0 Å². The molecule has 10 heteroatoms. The Morgan fingerprint density at radius 2 is 1.92 bits per heavy atom. The van der Waals surface area contributed by atoms with Crippen LogP contribution in [0.15, 0.2) is 18.5 Å². The van der Waals surface area contributed by atoms with Gasteiger partial charge < -0.3 is 9.80 Å². The molecule has 26 heavy (non-hydrogen) atoms. The van der Waals surface area contributed by atoms with Gasteiger partial charge in [0.1, 0.15) is 6.04 Å². The molecule has 9 nitrogen and oxygen atoms in total. The summed E-state index contributed by atoms with van der Waals surface area (Å²) in [6.07, 6.45) is 4.96. The van der Waals surface area contributed by atoms with Gasteiger partial charge >= 0.3 is 0 Å². The number of nitrogens with one attached hydrogen (secondary N) is 2. The summed E-state index contributed by atoms with van der Waals surface area (Å²) in [5, 5.41) is 0. The van der Waals surface area contributed by atoms with Gasteiger partial charge in [-0.1, -0.05) is 6.92 Å². The third-order valence-corrected chi connectivity index (χ3v) is 7.24. The number of fused-ring (bicyclic) bond motifs is 1. The summed E-state index contributed by atoms with van der Waals surface area (Å²) in [7, 11) is -3.20. The third kappa shape index (κ3) is 3.17. The lowest BCUT2D eigenvalue weighted by Gasteiger charge is -2.44. The topological polar surface area (TPSA) is 108 Å². The molecule has 3 aliphatic heterocycles. The third-order valence-electron chi connectivity index (χ3n) is 5.54. The molecule has 3 aliphatic rings. The number of hydrogen-bond donors (Lipinski definition) is 2. The molecular formula is C16H24N6O3S. The molecule has 2 N–H and O–H groups in total. The predicted octanol–water partition coefficient (Wildman–Crippen LogP) is -1.06. The van der Waals surface area contributed by atoms with Crippen molar-refractivity contribution in [3.05, 3.63) is 18.5 Å². The zero-order valence-corrected chi connectivity index (χ0v) is 15.5. The first-order valence-corrected chi connectivity index (χ1v) is 10.9. The molecule has 4 rings (SSSR count). The summed E-state index contributed by atoms with van der Waals surface area (Å²) in [5.74, 6) is 0.546. The molecule has 4 atom stereocenters. The Labute approximate surface area is 153 Å². The van der Waals surface area contributed by atoms with Gasteiger partial charge in [-0.2, -0.15) is 0 Å². The average molecular weight is 380 g/mol. The molecule has 1 amide bonds. The van der Waals surface area contributed by atoms with Crippen LogP contribution in [0, 0.1) is 0 Å². The molecule has 2 unspecified atom stereocenters. The number of rotatable bonds is 3. The Balaban J connectivity index is 1.57. The molecule has 0 aromatic carbocycles. The number of hydrazine groups is 1. The van der Waals surface area contributed by atoms with Crippen molar-refractivity contribution >= 4 is 21.7 Å². The van der Waals surface area contributed by atoms with Crippen molar-refractivity contribution in [3.8, 4) is 0 Å². The quantitative estimate of drug-likeness (QED) is 0.683.